The van der Waals surface area contributed by atoms with Crippen molar-refractivity contribution in [2.75, 3.05) is 34.0 Å². The lowest BCUT2D eigenvalue weighted by atomic mass is 9.93. The van der Waals surface area contributed by atoms with Crippen molar-refractivity contribution < 1.29 is 28.5 Å². The highest BCUT2D eigenvalue weighted by Gasteiger charge is 2.26. The number of carbonyl (C=O) groups excluding carboxylic acids is 1. The fourth-order valence-corrected chi connectivity index (χ4v) is 4.15. The number of esters is 1. The van der Waals surface area contributed by atoms with Crippen LogP contribution in [0.4, 0.5) is 0 Å². The number of ether oxygens (including phenoxy) is 5. The van der Waals surface area contributed by atoms with E-state index in [1.807, 2.05) is 24.3 Å². The molecular weight excluding hydrogens is 452 g/mol. The summed E-state index contributed by atoms with van der Waals surface area (Å²) in [7, 11) is 3.14. The van der Waals surface area contributed by atoms with Crippen molar-refractivity contribution in [2.45, 2.75) is 13.5 Å². The molecule has 1 aliphatic heterocycles. The van der Waals surface area contributed by atoms with Crippen LogP contribution in [0, 0.1) is 0 Å². The highest BCUT2D eigenvalue weighted by Crippen LogP contribution is 2.42. The van der Waals surface area contributed by atoms with Gasteiger partial charge in [-0.15, -0.1) is 0 Å². The van der Waals surface area contributed by atoms with E-state index in [0.717, 1.165) is 5.56 Å². The lowest BCUT2D eigenvalue weighted by Crippen LogP contribution is -2.17. The first kappa shape index (κ1) is 22.5. The molecule has 4 aromatic rings. The van der Waals surface area contributed by atoms with Gasteiger partial charge in [-0.3, -0.25) is 0 Å². The average Bonchev–Trinajstić information content (AvgIpc) is 3.39. The minimum atomic E-state index is -0.489. The first-order chi connectivity index (χ1) is 17.1. The second-order valence-electron chi connectivity index (χ2n) is 7.70. The first-order valence-corrected chi connectivity index (χ1v) is 11.1. The van der Waals surface area contributed by atoms with Gasteiger partial charge in [0.2, 0.25) is 0 Å². The van der Waals surface area contributed by atoms with E-state index in [0.29, 0.717) is 63.9 Å². The number of nitrogens with zero attached hydrogens (tertiary/aromatic N) is 4. The van der Waals surface area contributed by atoms with E-state index in [2.05, 4.69) is 10.1 Å². The number of carbonyl (C=O) groups is 1. The Bertz CT molecular complexity index is 1390. The Morgan fingerprint density at radius 3 is 2.51 bits per heavy atom. The summed E-state index contributed by atoms with van der Waals surface area (Å²) in [6.45, 7) is 3.09. The third-order valence-electron chi connectivity index (χ3n) is 5.65. The third kappa shape index (κ3) is 4.18. The number of hydrogen-bond acceptors (Lipinski definition) is 9. The Morgan fingerprint density at radius 1 is 1.06 bits per heavy atom. The highest BCUT2D eigenvalue weighted by atomic mass is 16.6. The van der Waals surface area contributed by atoms with E-state index in [1.54, 1.807) is 38.2 Å². The number of hydrogen-bond donors (Lipinski definition) is 0. The molecule has 1 aliphatic rings. The van der Waals surface area contributed by atoms with Crippen molar-refractivity contribution in [1.29, 1.82) is 0 Å². The second-order valence-corrected chi connectivity index (χ2v) is 7.70. The fraction of sp³-hybridized carbons (Fsp3) is 0.280. The lowest BCUT2D eigenvalue weighted by Gasteiger charge is -2.22. The van der Waals surface area contributed by atoms with Crippen LogP contribution in [0.15, 0.2) is 43.0 Å². The molecule has 0 amide bonds. The van der Waals surface area contributed by atoms with E-state index in [1.165, 1.54) is 6.33 Å². The zero-order valence-corrected chi connectivity index (χ0v) is 19.6. The van der Waals surface area contributed by atoms with Gasteiger partial charge in [0.1, 0.15) is 25.9 Å². The standard InChI is InChI=1S/C25H24N4O6/c1-4-33-25(30)24-18(12-29-14-26-13-27-29)28-17-11-22-21(34-7-8-35-22)10-16(17)23(24)15-5-6-19(31-2)20(9-15)32-3/h5-6,9-11,13-14H,4,7-8,12H2,1-3H3. The predicted molar refractivity (Wildman–Crippen MR) is 126 cm³/mol. The molecule has 10 heteroatoms. The van der Waals surface area contributed by atoms with E-state index in [-0.39, 0.29) is 13.2 Å². The van der Waals surface area contributed by atoms with Gasteiger partial charge in [-0.2, -0.15) is 5.10 Å². The van der Waals surface area contributed by atoms with Gasteiger partial charge in [0.25, 0.3) is 0 Å². The van der Waals surface area contributed by atoms with E-state index >= 15 is 0 Å². The molecule has 0 N–H and O–H groups in total. The number of aromatic nitrogens is 4. The number of pyridine rings is 1. The SMILES string of the molecule is CCOC(=O)c1c(Cn2cncn2)nc2cc3c(cc2c1-c1ccc(OC)c(OC)c1)OCCO3. The Labute approximate surface area is 201 Å². The van der Waals surface area contributed by atoms with Crippen molar-refractivity contribution in [3.05, 3.63) is 54.2 Å². The molecule has 3 heterocycles. The van der Waals surface area contributed by atoms with Crippen molar-refractivity contribution >= 4 is 16.9 Å². The number of methoxy groups -OCH3 is 2. The molecule has 0 atom stereocenters. The number of fused-ring (bicyclic) bond motifs is 2. The van der Waals surface area contributed by atoms with Crippen LogP contribution in [0.1, 0.15) is 23.0 Å². The van der Waals surface area contributed by atoms with Crippen LogP contribution in [0.2, 0.25) is 0 Å². The van der Waals surface area contributed by atoms with Crippen molar-refractivity contribution in [3.8, 4) is 34.1 Å². The van der Waals surface area contributed by atoms with Crippen molar-refractivity contribution in [1.82, 2.24) is 19.7 Å². The van der Waals surface area contributed by atoms with Gasteiger partial charge in [-0.25, -0.2) is 19.4 Å². The van der Waals surface area contributed by atoms with Gasteiger partial charge in [-0.05, 0) is 30.7 Å². The van der Waals surface area contributed by atoms with Crippen molar-refractivity contribution in [3.63, 3.8) is 0 Å². The molecule has 0 saturated carbocycles. The molecule has 180 valence electrons. The topological polar surface area (TPSA) is 107 Å². The summed E-state index contributed by atoms with van der Waals surface area (Å²) >= 11 is 0. The quantitative estimate of drug-likeness (QED) is 0.370. The Hall–Kier alpha value is -4.34. The summed E-state index contributed by atoms with van der Waals surface area (Å²) in [4.78, 5) is 22.2. The van der Waals surface area contributed by atoms with Gasteiger partial charge in [0, 0.05) is 17.0 Å². The van der Waals surface area contributed by atoms with Crippen LogP contribution < -0.4 is 18.9 Å². The molecule has 5 rings (SSSR count). The molecular formula is C25H24N4O6. The largest absolute Gasteiger partial charge is 0.493 e. The molecule has 0 radical (unpaired) electrons. The van der Waals surface area contributed by atoms with Crippen LogP contribution in [0.3, 0.4) is 0 Å². The van der Waals surface area contributed by atoms with Gasteiger partial charge in [0.15, 0.2) is 23.0 Å². The first-order valence-electron chi connectivity index (χ1n) is 11.1. The third-order valence-corrected chi connectivity index (χ3v) is 5.65. The van der Waals surface area contributed by atoms with Crippen LogP contribution in [-0.4, -0.2) is 59.8 Å². The Kier molecular flexibility index (Phi) is 6.09. The van der Waals surface area contributed by atoms with Crippen LogP contribution in [0.5, 0.6) is 23.0 Å². The molecule has 0 fully saturated rings. The van der Waals surface area contributed by atoms with E-state index < -0.39 is 5.97 Å². The number of rotatable bonds is 7. The maximum Gasteiger partial charge on any atom is 0.340 e. The molecule has 0 unspecified atom stereocenters. The summed E-state index contributed by atoms with van der Waals surface area (Å²) in [5.41, 5.74) is 2.83. The maximum absolute atomic E-state index is 13.4. The molecule has 2 aromatic carbocycles. The Balaban J connectivity index is 1.84. The molecule has 2 aromatic heterocycles. The van der Waals surface area contributed by atoms with Crippen LogP contribution >= 0.6 is 0 Å². The van der Waals surface area contributed by atoms with Gasteiger partial charge >= 0.3 is 5.97 Å². The second kappa shape index (κ2) is 9.49. The summed E-state index contributed by atoms with van der Waals surface area (Å²) in [6, 6.07) is 9.17. The maximum atomic E-state index is 13.4. The summed E-state index contributed by atoms with van der Waals surface area (Å²) in [5.74, 6) is 1.80. The molecule has 0 spiro atoms. The number of benzene rings is 2. The monoisotopic (exact) mass is 476 g/mol. The zero-order chi connectivity index (χ0) is 24.4. The minimum Gasteiger partial charge on any atom is -0.493 e. The molecule has 35 heavy (non-hydrogen) atoms. The van der Waals surface area contributed by atoms with Crippen LogP contribution in [0.25, 0.3) is 22.0 Å². The summed E-state index contributed by atoms with van der Waals surface area (Å²) < 4.78 is 29.7. The average molecular weight is 476 g/mol. The van der Waals surface area contributed by atoms with E-state index in [4.69, 9.17) is 28.7 Å². The summed E-state index contributed by atoms with van der Waals surface area (Å²) in [6.07, 6.45) is 3.00. The van der Waals surface area contributed by atoms with Gasteiger partial charge < -0.3 is 23.7 Å². The predicted octanol–water partition coefficient (Wildman–Crippen LogP) is 3.51. The minimum absolute atomic E-state index is 0.214. The van der Waals surface area contributed by atoms with Crippen molar-refractivity contribution in [2.24, 2.45) is 0 Å². The Morgan fingerprint density at radius 2 is 1.83 bits per heavy atom. The summed E-state index contributed by atoms with van der Waals surface area (Å²) in [5, 5.41) is 4.91. The van der Waals surface area contributed by atoms with Gasteiger partial charge in [0.05, 0.1) is 44.1 Å². The molecule has 0 aliphatic carbocycles. The fourth-order valence-electron chi connectivity index (χ4n) is 4.15. The smallest absolute Gasteiger partial charge is 0.340 e. The zero-order valence-electron chi connectivity index (χ0n) is 19.6. The molecule has 0 bridgehead atoms. The lowest BCUT2D eigenvalue weighted by molar-refractivity contribution is 0.0525. The van der Waals surface area contributed by atoms with Gasteiger partial charge in [-0.1, -0.05) is 6.07 Å². The molecule has 10 nitrogen and oxygen atoms in total. The molecule has 0 saturated heterocycles. The normalized spacial score (nSPS) is 12.4. The highest BCUT2D eigenvalue weighted by molar-refractivity contribution is 6.08. The van der Waals surface area contributed by atoms with E-state index in [9.17, 15) is 4.79 Å². The van der Waals surface area contributed by atoms with Crippen LogP contribution in [-0.2, 0) is 11.3 Å².